The second kappa shape index (κ2) is 9.40. The molecule has 3 rings (SSSR count). The van der Waals surface area contributed by atoms with Crippen LogP contribution < -0.4 is 9.47 Å². The van der Waals surface area contributed by atoms with Crippen LogP contribution in [0.25, 0.3) is 10.6 Å². The van der Waals surface area contributed by atoms with Crippen LogP contribution >= 0.6 is 22.9 Å². The molecule has 9 heteroatoms. The van der Waals surface area contributed by atoms with Crippen LogP contribution in [0.1, 0.15) is 20.9 Å². The molecule has 0 spiro atoms. The van der Waals surface area contributed by atoms with Gasteiger partial charge in [0.1, 0.15) is 9.88 Å². The molecule has 0 aliphatic rings. The zero-order valence-electron chi connectivity index (χ0n) is 16.5. The number of hydrogen-bond acceptors (Lipinski definition) is 5. The molecule has 3 aromatic rings. The van der Waals surface area contributed by atoms with Gasteiger partial charge in [0.05, 0.1) is 12.8 Å². The standard InChI is InChI=1S/C21H19ClF2N2O3S/c1-12-18(30-19(25-12)14-5-7-15(22)8-6-14)20(27)26(2)11-13-4-9-16(29-21(23)24)17(10-13)28-3/h4-10,21H,11H2,1-3H3. The summed E-state index contributed by atoms with van der Waals surface area (Å²) in [4.78, 5) is 19.5. The molecule has 158 valence electrons. The van der Waals surface area contributed by atoms with Gasteiger partial charge in [-0.25, -0.2) is 4.98 Å². The van der Waals surface area contributed by atoms with Gasteiger partial charge in [0, 0.05) is 24.2 Å². The topological polar surface area (TPSA) is 51.7 Å². The molecular weight excluding hydrogens is 434 g/mol. The number of aromatic nitrogens is 1. The number of nitrogens with zero attached hydrogens (tertiary/aromatic N) is 2. The van der Waals surface area contributed by atoms with Gasteiger partial charge < -0.3 is 14.4 Å². The quantitative estimate of drug-likeness (QED) is 0.464. The Bertz CT molecular complexity index is 1040. The summed E-state index contributed by atoms with van der Waals surface area (Å²) in [6.45, 7) is -0.896. The van der Waals surface area contributed by atoms with E-state index in [1.54, 1.807) is 38.2 Å². The Balaban J connectivity index is 1.77. The molecule has 0 aliphatic carbocycles. The predicted octanol–water partition coefficient (Wildman–Crippen LogP) is 5.65. The smallest absolute Gasteiger partial charge is 0.387 e. The molecule has 5 nitrogen and oxygen atoms in total. The van der Waals surface area contributed by atoms with Crippen molar-refractivity contribution in [3.05, 3.63) is 63.6 Å². The van der Waals surface area contributed by atoms with E-state index >= 15 is 0 Å². The van der Waals surface area contributed by atoms with Crippen molar-refractivity contribution in [3.63, 3.8) is 0 Å². The van der Waals surface area contributed by atoms with Crippen LogP contribution in [0.4, 0.5) is 8.78 Å². The maximum atomic E-state index is 13.0. The lowest BCUT2D eigenvalue weighted by atomic mass is 10.2. The van der Waals surface area contributed by atoms with Gasteiger partial charge in [-0.3, -0.25) is 4.79 Å². The van der Waals surface area contributed by atoms with Gasteiger partial charge in [-0.1, -0.05) is 29.8 Å². The van der Waals surface area contributed by atoms with E-state index < -0.39 is 6.61 Å². The van der Waals surface area contributed by atoms with Crippen molar-refractivity contribution >= 4 is 28.8 Å². The minimum absolute atomic E-state index is 0.0591. The first kappa shape index (κ1) is 22.0. The molecule has 0 radical (unpaired) electrons. The summed E-state index contributed by atoms with van der Waals surface area (Å²) in [6.07, 6.45) is 0. The maximum Gasteiger partial charge on any atom is 0.387 e. The number of thiazole rings is 1. The molecule has 1 heterocycles. The van der Waals surface area contributed by atoms with Crippen molar-refractivity contribution in [2.45, 2.75) is 20.1 Å². The molecule has 0 unspecified atom stereocenters. The van der Waals surface area contributed by atoms with Crippen molar-refractivity contribution in [1.82, 2.24) is 9.88 Å². The largest absolute Gasteiger partial charge is 0.493 e. The molecular formula is C21H19ClF2N2O3S. The number of methoxy groups -OCH3 is 1. The highest BCUT2D eigenvalue weighted by atomic mass is 35.5. The molecule has 1 aromatic heterocycles. The fourth-order valence-corrected chi connectivity index (χ4v) is 4.03. The molecule has 0 N–H and O–H groups in total. The van der Waals surface area contributed by atoms with Crippen LogP contribution in [0.2, 0.25) is 5.02 Å². The maximum absolute atomic E-state index is 13.0. The Labute approximate surface area is 181 Å². The van der Waals surface area contributed by atoms with Gasteiger partial charge in [-0.05, 0) is 36.8 Å². The van der Waals surface area contributed by atoms with Crippen molar-refractivity contribution in [3.8, 4) is 22.1 Å². The Kier molecular flexibility index (Phi) is 6.89. The van der Waals surface area contributed by atoms with Crippen LogP contribution in [0, 0.1) is 6.92 Å². The lowest BCUT2D eigenvalue weighted by Gasteiger charge is -2.18. The minimum atomic E-state index is -2.95. The Hall–Kier alpha value is -2.71. The third-order valence-corrected chi connectivity index (χ3v) is 5.74. The van der Waals surface area contributed by atoms with E-state index in [4.69, 9.17) is 16.3 Å². The molecule has 0 saturated heterocycles. The van der Waals surface area contributed by atoms with Gasteiger partial charge in [-0.15, -0.1) is 11.3 Å². The van der Waals surface area contributed by atoms with Gasteiger partial charge in [0.2, 0.25) is 0 Å². The summed E-state index contributed by atoms with van der Waals surface area (Å²) in [7, 11) is 3.03. The predicted molar refractivity (Wildman–Crippen MR) is 113 cm³/mol. The van der Waals surface area contributed by atoms with E-state index in [1.165, 1.54) is 29.4 Å². The SMILES string of the molecule is COc1cc(CN(C)C(=O)c2sc(-c3ccc(Cl)cc3)nc2C)ccc1OC(F)F. The first-order chi connectivity index (χ1) is 14.3. The molecule has 0 bridgehead atoms. The van der Waals surface area contributed by atoms with E-state index in [9.17, 15) is 13.6 Å². The van der Waals surface area contributed by atoms with Gasteiger partial charge in [0.25, 0.3) is 5.91 Å². The fraction of sp³-hybridized carbons (Fsp3) is 0.238. The summed E-state index contributed by atoms with van der Waals surface area (Å²) >= 11 is 7.24. The van der Waals surface area contributed by atoms with E-state index in [0.717, 1.165) is 10.6 Å². The number of carbonyl (C=O) groups is 1. The minimum Gasteiger partial charge on any atom is -0.493 e. The molecule has 1 amide bonds. The summed E-state index contributed by atoms with van der Waals surface area (Å²) in [6, 6.07) is 11.8. The lowest BCUT2D eigenvalue weighted by molar-refractivity contribution is -0.0512. The highest BCUT2D eigenvalue weighted by molar-refractivity contribution is 7.17. The van der Waals surface area contributed by atoms with Crippen LogP contribution in [0.5, 0.6) is 11.5 Å². The number of aryl methyl sites for hydroxylation is 1. The number of benzene rings is 2. The van der Waals surface area contributed by atoms with Gasteiger partial charge >= 0.3 is 6.61 Å². The van der Waals surface area contributed by atoms with E-state index in [-0.39, 0.29) is 24.0 Å². The summed E-state index contributed by atoms with van der Waals surface area (Å²) in [5.41, 5.74) is 2.23. The normalized spacial score (nSPS) is 10.9. The van der Waals surface area contributed by atoms with E-state index in [2.05, 4.69) is 9.72 Å². The monoisotopic (exact) mass is 452 g/mol. The first-order valence-electron chi connectivity index (χ1n) is 8.89. The highest BCUT2D eigenvalue weighted by Gasteiger charge is 2.20. The second-order valence-corrected chi connectivity index (χ2v) is 7.90. The number of hydrogen-bond donors (Lipinski definition) is 0. The van der Waals surface area contributed by atoms with Gasteiger partial charge in [-0.2, -0.15) is 8.78 Å². The van der Waals surface area contributed by atoms with Crippen LogP contribution in [-0.2, 0) is 6.54 Å². The number of amides is 1. The molecule has 30 heavy (non-hydrogen) atoms. The molecule has 0 saturated carbocycles. The summed E-state index contributed by atoms with van der Waals surface area (Å²) in [5, 5.41) is 1.36. The zero-order chi connectivity index (χ0) is 21.8. The average molecular weight is 453 g/mol. The van der Waals surface area contributed by atoms with Crippen molar-refractivity contribution < 1.29 is 23.0 Å². The zero-order valence-corrected chi connectivity index (χ0v) is 18.1. The number of ether oxygens (including phenoxy) is 2. The van der Waals surface area contributed by atoms with Crippen molar-refractivity contribution in [2.24, 2.45) is 0 Å². The van der Waals surface area contributed by atoms with Crippen LogP contribution in [0.15, 0.2) is 42.5 Å². The Morgan fingerprint density at radius 1 is 1.20 bits per heavy atom. The fourth-order valence-electron chi connectivity index (χ4n) is 2.83. The molecule has 0 atom stereocenters. The van der Waals surface area contributed by atoms with Crippen molar-refractivity contribution in [2.75, 3.05) is 14.2 Å². The highest BCUT2D eigenvalue weighted by Crippen LogP contribution is 2.31. The molecule has 2 aromatic carbocycles. The second-order valence-electron chi connectivity index (χ2n) is 6.47. The third kappa shape index (κ3) is 5.06. The summed E-state index contributed by atoms with van der Waals surface area (Å²) in [5.74, 6) is -0.0686. The van der Waals surface area contributed by atoms with Gasteiger partial charge in [0.15, 0.2) is 11.5 Å². The summed E-state index contributed by atoms with van der Waals surface area (Å²) < 4.78 is 34.5. The molecule has 0 fully saturated rings. The average Bonchev–Trinajstić information content (AvgIpc) is 3.10. The third-order valence-electron chi connectivity index (χ3n) is 4.29. The Morgan fingerprint density at radius 3 is 2.53 bits per heavy atom. The van der Waals surface area contributed by atoms with Crippen molar-refractivity contribution in [1.29, 1.82) is 0 Å². The number of alkyl halides is 2. The first-order valence-corrected chi connectivity index (χ1v) is 10.1. The number of carbonyl (C=O) groups excluding carboxylic acids is 1. The van der Waals surface area contributed by atoms with E-state index in [1.807, 2.05) is 12.1 Å². The van der Waals surface area contributed by atoms with Crippen LogP contribution in [-0.4, -0.2) is 36.6 Å². The number of halogens is 3. The van der Waals surface area contributed by atoms with E-state index in [0.29, 0.717) is 21.2 Å². The molecule has 0 aliphatic heterocycles. The Morgan fingerprint density at radius 2 is 1.90 bits per heavy atom. The number of rotatable bonds is 7. The lowest BCUT2D eigenvalue weighted by Crippen LogP contribution is -2.26. The van der Waals surface area contributed by atoms with Crippen LogP contribution in [0.3, 0.4) is 0 Å².